The van der Waals surface area contributed by atoms with Crippen LogP contribution in [0.2, 0.25) is 0 Å². The van der Waals surface area contributed by atoms with Gasteiger partial charge in [0.2, 0.25) is 5.91 Å². The van der Waals surface area contributed by atoms with Crippen LogP contribution in [-0.4, -0.2) is 31.9 Å². The first-order chi connectivity index (χ1) is 14.9. The van der Waals surface area contributed by atoms with Crippen LogP contribution in [0.25, 0.3) is 0 Å². The molecule has 0 aliphatic carbocycles. The maximum absolute atomic E-state index is 12.3. The second-order valence-electron chi connectivity index (χ2n) is 6.47. The molecule has 31 heavy (non-hydrogen) atoms. The van der Waals surface area contributed by atoms with Crippen LogP contribution < -0.4 is 10.0 Å². The van der Waals surface area contributed by atoms with E-state index in [2.05, 4.69) is 15.0 Å². The molecule has 0 radical (unpaired) electrons. The van der Waals surface area contributed by atoms with Gasteiger partial charge in [0.1, 0.15) is 0 Å². The number of esters is 1. The molecule has 2 aromatic carbocycles. The van der Waals surface area contributed by atoms with Crippen molar-refractivity contribution in [3.8, 4) is 0 Å². The molecule has 0 saturated heterocycles. The van der Waals surface area contributed by atoms with E-state index in [1.807, 2.05) is 30.3 Å². The molecular weight excluding hydrogens is 438 g/mol. The zero-order valence-electron chi connectivity index (χ0n) is 16.5. The van der Waals surface area contributed by atoms with Gasteiger partial charge in [0.15, 0.2) is 5.13 Å². The van der Waals surface area contributed by atoms with Crippen molar-refractivity contribution in [2.75, 3.05) is 16.6 Å². The number of hydrogen-bond donors (Lipinski definition) is 2. The summed E-state index contributed by atoms with van der Waals surface area (Å²) in [5.41, 5.74) is 1.50. The van der Waals surface area contributed by atoms with E-state index in [1.165, 1.54) is 41.8 Å². The minimum absolute atomic E-state index is 0.0319. The Morgan fingerprint density at radius 3 is 2.42 bits per heavy atom. The number of benzene rings is 2. The van der Waals surface area contributed by atoms with Crippen molar-refractivity contribution >= 4 is 44.1 Å². The lowest BCUT2D eigenvalue weighted by atomic mass is 10.2. The van der Waals surface area contributed by atoms with Gasteiger partial charge in [-0.05, 0) is 29.8 Å². The fourth-order valence-corrected chi connectivity index (χ4v) is 4.39. The monoisotopic (exact) mass is 459 g/mol. The Balaban J connectivity index is 1.41. The standard InChI is InChI=1S/C21H21N3O5S2/c25-19(10-11-20(26)29-14-12-16-4-2-1-3-5-16)23-17-6-8-18(9-7-17)31(27,28)24-21-22-13-15-30-21/h1-9,13,15H,10-12,14H2,(H,22,24)(H,23,25). The number of sulfonamides is 1. The minimum Gasteiger partial charge on any atom is -0.465 e. The van der Waals surface area contributed by atoms with E-state index in [1.54, 1.807) is 5.38 Å². The van der Waals surface area contributed by atoms with E-state index in [9.17, 15) is 18.0 Å². The molecule has 0 spiro atoms. The minimum atomic E-state index is -3.75. The molecule has 3 aromatic rings. The SMILES string of the molecule is O=C(CCC(=O)OCCc1ccccc1)Nc1ccc(S(=O)(=O)Nc2nccs2)cc1. The number of aromatic nitrogens is 1. The van der Waals surface area contributed by atoms with Crippen molar-refractivity contribution in [2.45, 2.75) is 24.2 Å². The summed E-state index contributed by atoms with van der Waals surface area (Å²) in [6.07, 6.45) is 2.05. The third-order valence-electron chi connectivity index (χ3n) is 4.16. The highest BCUT2D eigenvalue weighted by molar-refractivity contribution is 7.93. The Morgan fingerprint density at radius 2 is 1.74 bits per heavy atom. The number of rotatable bonds is 10. The van der Waals surface area contributed by atoms with Crippen molar-refractivity contribution in [3.05, 3.63) is 71.7 Å². The lowest BCUT2D eigenvalue weighted by molar-refractivity contribution is -0.144. The molecule has 1 amide bonds. The number of ether oxygens (including phenoxy) is 1. The van der Waals surface area contributed by atoms with Crippen LogP contribution >= 0.6 is 11.3 Å². The third kappa shape index (κ3) is 7.19. The van der Waals surface area contributed by atoms with Gasteiger partial charge >= 0.3 is 5.97 Å². The second-order valence-corrected chi connectivity index (χ2v) is 9.05. The molecule has 1 heterocycles. The van der Waals surface area contributed by atoms with Gasteiger partial charge in [-0.1, -0.05) is 30.3 Å². The Morgan fingerprint density at radius 1 is 1.00 bits per heavy atom. The molecule has 0 unspecified atom stereocenters. The Bertz CT molecular complexity index is 1100. The van der Waals surface area contributed by atoms with Crippen LogP contribution in [0.3, 0.4) is 0 Å². The third-order valence-corrected chi connectivity index (χ3v) is 6.33. The van der Waals surface area contributed by atoms with Crippen LogP contribution in [-0.2, 0) is 30.8 Å². The van der Waals surface area contributed by atoms with Gasteiger partial charge in [0.25, 0.3) is 10.0 Å². The van der Waals surface area contributed by atoms with Gasteiger partial charge in [-0.3, -0.25) is 14.3 Å². The number of nitrogens with zero attached hydrogens (tertiary/aromatic N) is 1. The molecule has 10 heteroatoms. The van der Waals surface area contributed by atoms with Crippen LogP contribution in [0.4, 0.5) is 10.8 Å². The summed E-state index contributed by atoms with van der Waals surface area (Å²) >= 11 is 1.17. The Labute approximate surface area is 184 Å². The smallest absolute Gasteiger partial charge is 0.306 e. The van der Waals surface area contributed by atoms with E-state index < -0.39 is 16.0 Å². The summed E-state index contributed by atoms with van der Waals surface area (Å²) in [5, 5.41) is 4.56. The molecule has 0 aliphatic rings. The van der Waals surface area contributed by atoms with Crippen molar-refractivity contribution in [1.82, 2.24) is 4.98 Å². The zero-order chi connectivity index (χ0) is 22.1. The number of anilines is 2. The van der Waals surface area contributed by atoms with Gasteiger partial charge in [0, 0.05) is 30.1 Å². The van der Waals surface area contributed by atoms with Gasteiger partial charge < -0.3 is 10.1 Å². The molecular formula is C21H21N3O5S2. The second kappa shape index (κ2) is 10.7. The molecule has 3 rings (SSSR count). The highest BCUT2D eigenvalue weighted by Gasteiger charge is 2.15. The molecule has 0 bridgehead atoms. The molecule has 0 aliphatic heterocycles. The molecule has 162 valence electrons. The number of carbonyl (C=O) groups excluding carboxylic acids is 2. The number of nitrogens with one attached hydrogen (secondary N) is 2. The van der Waals surface area contributed by atoms with Gasteiger partial charge in [-0.25, -0.2) is 13.4 Å². The average Bonchev–Trinajstić information content (AvgIpc) is 3.26. The lowest BCUT2D eigenvalue weighted by Gasteiger charge is -2.08. The first-order valence-corrected chi connectivity index (χ1v) is 11.8. The lowest BCUT2D eigenvalue weighted by Crippen LogP contribution is -2.16. The summed E-state index contributed by atoms with van der Waals surface area (Å²) in [6.45, 7) is 0.259. The predicted molar refractivity (Wildman–Crippen MR) is 118 cm³/mol. The van der Waals surface area contributed by atoms with E-state index in [0.29, 0.717) is 12.1 Å². The molecule has 2 N–H and O–H groups in total. The van der Waals surface area contributed by atoms with Crippen molar-refractivity contribution in [3.63, 3.8) is 0 Å². The largest absolute Gasteiger partial charge is 0.465 e. The highest BCUT2D eigenvalue weighted by atomic mass is 32.2. The quantitative estimate of drug-likeness (QED) is 0.449. The van der Waals surface area contributed by atoms with E-state index in [0.717, 1.165) is 5.56 Å². The topological polar surface area (TPSA) is 114 Å². The summed E-state index contributed by atoms with van der Waals surface area (Å²) in [6, 6.07) is 15.4. The molecule has 0 fully saturated rings. The Kier molecular flexibility index (Phi) is 7.74. The van der Waals surface area contributed by atoms with Crippen molar-refractivity contribution < 1.29 is 22.7 Å². The normalized spacial score (nSPS) is 11.0. The first-order valence-electron chi connectivity index (χ1n) is 9.44. The van der Waals surface area contributed by atoms with Crippen LogP contribution in [0.15, 0.2) is 71.1 Å². The van der Waals surface area contributed by atoms with Crippen LogP contribution in [0.5, 0.6) is 0 Å². The van der Waals surface area contributed by atoms with Crippen LogP contribution in [0, 0.1) is 0 Å². The molecule has 0 saturated carbocycles. The first kappa shape index (κ1) is 22.4. The van der Waals surface area contributed by atoms with E-state index >= 15 is 0 Å². The molecule has 1 aromatic heterocycles. The maximum Gasteiger partial charge on any atom is 0.306 e. The summed E-state index contributed by atoms with van der Waals surface area (Å²) in [7, 11) is -3.75. The van der Waals surface area contributed by atoms with Gasteiger partial charge in [-0.2, -0.15) is 0 Å². The molecule has 8 nitrogen and oxygen atoms in total. The van der Waals surface area contributed by atoms with Crippen molar-refractivity contribution in [1.29, 1.82) is 0 Å². The number of thiazole rings is 1. The number of amides is 1. The fourth-order valence-electron chi connectivity index (χ4n) is 2.60. The predicted octanol–water partition coefficient (Wildman–Crippen LogP) is 3.45. The number of carbonyl (C=O) groups is 2. The maximum atomic E-state index is 12.3. The van der Waals surface area contributed by atoms with Crippen molar-refractivity contribution in [2.24, 2.45) is 0 Å². The average molecular weight is 460 g/mol. The highest BCUT2D eigenvalue weighted by Crippen LogP contribution is 2.19. The van der Waals surface area contributed by atoms with Crippen LogP contribution in [0.1, 0.15) is 18.4 Å². The summed E-state index contributed by atoms with van der Waals surface area (Å²) in [4.78, 5) is 27.8. The van der Waals surface area contributed by atoms with E-state index in [-0.39, 0.29) is 35.4 Å². The summed E-state index contributed by atoms with van der Waals surface area (Å²) < 4.78 is 32.1. The fraction of sp³-hybridized carbons (Fsp3) is 0.190. The number of hydrogen-bond acceptors (Lipinski definition) is 7. The zero-order valence-corrected chi connectivity index (χ0v) is 18.1. The van der Waals surface area contributed by atoms with E-state index in [4.69, 9.17) is 4.74 Å². The van der Waals surface area contributed by atoms with Gasteiger partial charge in [-0.15, -0.1) is 11.3 Å². The molecule has 0 atom stereocenters. The summed E-state index contributed by atoms with van der Waals surface area (Å²) in [5.74, 6) is -0.808. The van der Waals surface area contributed by atoms with Gasteiger partial charge in [0.05, 0.1) is 17.9 Å². The Hall–Kier alpha value is -3.24.